The molecule has 3 rings (SSSR count). The highest BCUT2D eigenvalue weighted by Crippen LogP contribution is 2.35. The molecular weight excluding hydrogens is 341 g/mol. The minimum Gasteiger partial charge on any atom is -0.350 e. The first kappa shape index (κ1) is 19.2. The zero-order valence-corrected chi connectivity index (χ0v) is 15.1. The van der Waals surface area contributed by atoms with Gasteiger partial charge in [0, 0.05) is 17.6 Å². The van der Waals surface area contributed by atoms with E-state index in [1.165, 1.54) is 50.7 Å². The van der Waals surface area contributed by atoms with Crippen molar-refractivity contribution in [2.75, 3.05) is 19.6 Å². The Hall–Kier alpha value is -1.56. The van der Waals surface area contributed by atoms with E-state index in [4.69, 9.17) is 0 Å². The van der Waals surface area contributed by atoms with Crippen molar-refractivity contribution in [2.45, 2.75) is 63.1 Å². The summed E-state index contributed by atoms with van der Waals surface area (Å²) in [4.78, 5) is 15.0. The molecule has 6 heteroatoms. The summed E-state index contributed by atoms with van der Waals surface area (Å²) in [6.45, 7) is 2.74. The molecule has 1 aromatic carbocycles. The smallest absolute Gasteiger partial charge is 0.350 e. The van der Waals surface area contributed by atoms with Gasteiger partial charge in [-0.2, -0.15) is 13.2 Å². The first-order valence-electron chi connectivity index (χ1n) is 9.61. The number of carbonyl (C=O) groups excluding carboxylic acids is 1. The van der Waals surface area contributed by atoms with Crippen LogP contribution >= 0.6 is 0 Å². The zero-order chi connectivity index (χ0) is 18.6. The molecule has 0 radical (unpaired) electrons. The van der Waals surface area contributed by atoms with Crippen LogP contribution in [0.15, 0.2) is 24.3 Å². The Balaban J connectivity index is 1.65. The van der Waals surface area contributed by atoms with Gasteiger partial charge in [-0.3, -0.25) is 9.69 Å². The number of halogens is 3. The van der Waals surface area contributed by atoms with E-state index >= 15 is 0 Å². The summed E-state index contributed by atoms with van der Waals surface area (Å²) in [5, 5.41) is 3.00. The van der Waals surface area contributed by atoms with Crippen LogP contribution in [-0.4, -0.2) is 36.0 Å². The topological polar surface area (TPSA) is 32.3 Å². The highest BCUT2D eigenvalue weighted by Gasteiger charge is 2.38. The second kappa shape index (κ2) is 7.99. The lowest BCUT2D eigenvalue weighted by atomic mass is 9.79. The van der Waals surface area contributed by atoms with Crippen LogP contribution < -0.4 is 5.32 Å². The number of hydrogen-bond donors (Lipinski definition) is 1. The third-order valence-electron chi connectivity index (χ3n) is 5.86. The van der Waals surface area contributed by atoms with E-state index in [1.54, 1.807) is 0 Å². The van der Waals surface area contributed by atoms with Crippen LogP contribution in [0.25, 0.3) is 0 Å². The Morgan fingerprint density at radius 2 is 1.54 bits per heavy atom. The van der Waals surface area contributed by atoms with Crippen LogP contribution in [0.5, 0.6) is 0 Å². The van der Waals surface area contributed by atoms with Crippen molar-refractivity contribution in [1.29, 1.82) is 0 Å². The van der Waals surface area contributed by atoms with E-state index in [9.17, 15) is 18.0 Å². The monoisotopic (exact) mass is 368 g/mol. The lowest BCUT2D eigenvalue weighted by molar-refractivity contribution is -0.137. The molecule has 1 aromatic rings. The van der Waals surface area contributed by atoms with Gasteiger partial charge >= 0.3 is 6.18 Å². The standard InChI is InChI=1S/C20H27F3N2O/c21-20(22,23)17-9-7-16(8-10-17)18(26)24-15-19(11-3-1-4-12-19)25-13-5-2-6-14-25/h7-10H,1-6,11-15H2,(H,24,26). The van der Waals surface area contributed by atoms with Crippen molar-refractivity contribution in [1.82, 2.24) is 10.2 Å². The second-order valence-electron chi connectivity index (χ2n) is 7.59. The van der Waals surface area contributed by atoms with Gasteiger partial charge in [-0.1, -0.05) is 25.7 Å². The molecule has 0 aromatic heterocycles. The van der Waals surface area contributed by atoms with E-state index in [2.05, 4.69) is 10.2 Å². The molecule has 3 nitrogen and oxygen atoms in total. The number of likely N-dealkylation sites (tertiary alicyclic amines) is 1. The van der Waals surface area contributed by atoms with Crippen LogP contribution in [0.1, 0.15) is 67.3 Å². The van der Waals surface area contributed by atoms with Crippen molar-refractivity contribution in [3.63, 3.8) is 0 Å². The SMILES string of the molecule is O=C(NCC1(N2CCCCC2)CCCCC1)c1ccc(C(F)(F)F)cc1. The molecule has 144 valence electrons. The fraction of sp³-hybridized carbons (Fsp3) is 0.650. The first-order chi connectivity index (χ1) is 12.4. The lowest BCUT2D eigenvalue weighted by Gasteiger charge is -2.48. The zero-order valence-electron chi connectivity index (χ0n) is 15.1. The van der Waals surface area contributed by atoms with Crippen LogP contribution in [0.4, 0.5) is 13.2 Å². The van der Waals surface area contributed by atoms with Crippen molar-refractivity contribution in [2.24, 2.45) is 0 Å². The minimum atomic E-state index is -4.38. The quantitative estimate of drug-likeness (QED) is 0.841. The number of alkyl halides is 3. The number of amides is 1. The van der Waals surface area contributed by atoms with Crippen LogP contribution in [0, 0.1) is 0 Å². The predicted molar refractivity (Wildman–Crippen MR) is 95.0 cm³/mol. The van der Waals surface area contributed by atoms with E-state index in [1.807, 2.05) is 0 Å². The molecule has 26 heavy (non-hydrogen) atoms. The Bertz CT molecular complexity index is 600. The first-order valence-corrected chi connectivity index (χ1v) is 9.61. The molecule has 2 fully saturated rings. The van der Waals surface area contributed by atoms with Gasteiger partial charge in [-0.15, -0.1) is 0 Å². The summed E-state index contributed by atoms with van der Waals surface area (Å²) in [6.07, 6.45) is 5.05. The molecule has 1 heterocycles. The van der Waals surface area contributed by atoms with E-state index in [0.29, 0.717) is 6.54 Å². The number of rotatable bonds is 4. The molecule has 1 N–H and O–H groups in total. The van der Waals surface area contributed by atoms with E-state index < -0.39 is 11.7 Å². The number of piperidine rings is 1. The lowest BCUT2D eigenvalue weighted by Crippen LogP contribution is -2.58. The number of nitrogens with one attached hydrogen (secondary N) is 1. The van der Waals surface area contributed by atoms with Gasteiger partial charge in [0.2, 0.25) is 0 Å². The van der Waals surface area contributed by atoms with Crippen LogP contribution in [0.3, 0.4) is 0 Å². The normalized spacial score (nSPS) is 21.3. The molecule has 0 bridgehead atoms. The molecule has 0 atom stereocenters. The second-order valence-corrected chi connectivity index (χ2v) is 7.59. The van der Waals surface area contributed by atoms with Gasteiger partial charge in [0.1, 0.15) is 0 Å². The number of benzene rings is 1. The van der Waals surface area contributed by atoms with Gasteiger partial charge in [0.25, 0.3) is 5.91 Å². The van der Waals surface area contributed by atoms with E-state index in [-0.39, 0.29) is 17.0 Å². The molecule has 0 spiro atoms. The molecule has 1 amide bonds. The van der Waals surface area contributed by atoms with Crippen molar-refractivity contribution >= 4 is 5.91 Å². The largest absolute Gasteiger partial charge is 0.416 e. The Morgan fingerprint density at radius 3 is 2.12 bits per heavy atom. The van der Waals surface area contributed by atoms with Crippen molar-refractivity contribution in [3.8, 4) is 0 Å². The van der Waals surface area contributed by atoms with Gasteiger partial charge in [0.05, 0.1) is 5.56 Å². The summed E-state index contributed by atoms with van der Waals surface area (Å²) in [6, 6.07) is 4.45. The van der Waals surface area contributed by atoms with Crippen molar-refractivity contribution in [3.05, 3.63) is 35.4 Å². The maximum Gasteiger partial charge on any atom is 0.416 e. The van der Waals surface area contributed by atoms with Gasteiger partial charge < -0.3 is 5.32 Å². The maximum absolute atomic E-state index is 12.7. The number of hydrogen-bond acceptors (Lipinski definition) is 2. The summed E-state index contributed by atoms with van der Waals surface area (Å²) in [5.41, 5.74) is -0.436. The third kappa shape index (κ3) is 4.40. The molecule has 1 aliphatic carbocycles. The third-order valence-corrected chi connectivity index (χ3v) is 5.86. The summed E-state index contributed by atoms with van der Waals surface area (Å²) in [5.74, 6) is -0.291. The minimum absolute atomic E-state index is 0.0141. The maximum atomic E-state index is 12.7. The number of nitrogens with zero attached hydrogens (tertiary/aromatic N) is 1. The molecule has 1 aliphatic heterocycles. The summed E-state index contributed by atoms with van der Waals surface area (Å²) in [7, 11) is 0. The predicted octanol–water partition coefficient (Wildman–Crippen LogP) is 4.62. The fourth-order valence-corrected chi connectivity index (χ4v) is 4.34. The van der Waals surface area contributed by atoms with Crippen molar-refractivity contribution < 1.29 is 18.0 Å². The average molecular weight is 368 g/mol. The summed E-state index contributed by atoms with van der Waals surface area (Å²) >= 11 is 0. The molecular formula is C20H27F3N2O. The van der Waals surface area contributed by atoms with Crippen LogP contribution in [-0.2, 0) is 6.18 Å². The molecule has 1 saturated carbocycles. The average Bonchev–Trinajstić information content (AvgIpc) is 2.67. The molecule has 0 unspecified atom stereocenters. The molecule has 1 saturated heterocycles. The van der Waals surface area contributed by atoms with Gasteiger partial charge in [-0.25, -0.2) is 0 Å². The van der Waals surface area contributed by atoms with E-state index in [0.717, 1.165) is 38.1 Å². The highest BCUT2D eigenvalue weighted by atomic mass is 19.4. The van der Waals surface area contributed by atoms with Crippen LogP contribution in [0.2, 0.25) is 0 Å². The van der Waals surface area contributed by atoms with Gasteiger partial charge in [-0.05, 0) is 63.0 Å². The molecule has 2 aliphatic rings. The fourth-order valence-electron chi connectivity index (χ4n) is 4.34. The summed E-state index contributed by atoms with van der Waals surface area (Å²) < 4.78 is 38.0. The highest BCUT2D eigenvalue weighted by molar-refractivity contribution is 5.94. The Labute approximate surface area is 152 Å². The van der Waals surface area contributed by atoms with Gasteiger partial charge in [0.15, 0.2) is 0 Å². The number of carbonyl (C=O) groups is 1. The Kier molecular flexibility index (Phi) is 5.90. The Morgan fingerprint density at radius 1 is 0.962 bits per heavy atom.